The highest BCUT2D eigenvalue weighted by molar-refractivity contribution is 5.80. The lowest BCUT2D eigenvalue weighted by Crippen LogP contribution is -2.30. The monoisotopic (exact) mass is 389 g/mol. The second-order valence-electron chi connectivity index (χ2n) is 7.94. The van der Waals surface area contributed by atoms with Gasteiger partial charge < -0.3 is 0 Å². The number of hydrogen-bond donors (Lipinski definition) is 0. The van der Waals surface area contributed by atoms with Gasteiger partial charge in [0.1, 0.15) is 5.69 Å². The molecule has 2 heteroatoms. The molecule has 1 heterocycles. The molecular formula is C28H25N2+. The highest BCUT2D eigenvalue weighted by atomic mass is 15.2. The predicted octanol–water partition coefficient (Wildman–Crippen LogP) is 6.41. The summed E-state index contributed by atoms with van der Waals surface area (Å²) in [5.41, 5.74) is 9.88. The van der Waals surface area contributed by atoms with Crippen LogP contribution < -0.4 is 4.57 Å². The largest absolute Gasteiger partial charge is 0.295 e. The molecule has 0 atom stereocenters. The summed E-state index contributed by atoms with van der Waals surface area (Å²) in [6.07, 6.45) is 0. The molecule has 5 rings (SSSR count). The fraction of sp³-hybridized carbons (Fsp3) is 0.107. The molecule has 4 aromatic carbocycles. The van der Waals surface area contributed by atoms with Gasteiger partial charge in [-0.2, -0.15) is 4.57 Å². The Morgan fingerprint density at radius 3 is 2.07 bits per heavy atom. The van der Waals surface area contributed by atoms with Crippen LogP contribution in [0.4, 0.5) is 0 Å². The summed E-state index contributed by atoms with van der Waals surface area (Å²) in [5.74, 6) is 1.20. The third-order valence-corrected chi connectivity index (χ3v) is 5.88. The zero-order valence-electron chi connectivity index (χ0n) is 17.6. The van der Waals surface area contributed by atoms with Crippen LogP contribution in [0.15, 0.2) is 97.1 Å². The highest BCUT2D eigenvalue weighted by Gasteiger charge is 2.26. The minimum absolute atomic E-state index is 1.17. The van der Waals surface area contributed by atoms with Crippen LogP contribution in [0.1, 0.15) is 11.1 Å². The fourth-order valence-electron chi connectivity index (χ4n) is 4.29. The lowest BCUT2D eigenvalue weighted by molar-refractivity contribution is -0.633. The van der Waals surface area contributed by atoms with Gasteiger partial charge in [-0.05, 0) is 66.4 Å². The minimum Gasteiger partial charge on any atom is -0.225 e. The molecule has 0 unspecified atom stereocenters. The van der Waals surface area contributed by atoms with E-state index in [0.29, 0.717) is 0 Å². The van der Waals surface area contributed by atoms with E-state index in [2.05, 4.69) is 127 Å². The third kappa shape index (κ3) is 3.02. The van der Waals surface area contributed by atoms with Gasteiger partial charge in [0.15, 0.2) is 11.0 Å². The number of nitrogens with zero attached hydrogens (tertiary/aromatic N) is 2. The predicted molar refractivity (Wildman–Crippen MR) is 125 cm³/mol. The lowest BCUT2D eigenvalue weighted by Gasteiger charge is -2.07. The van der Waals surface area contributed by atoms with E-state index in [9.17, 15) is 0 Å². The van der Waals surface area contributed by atoms with Crippen molar-refractivity contribution in [3.05, 3.63) is 108 Å². The fourth-order valence-corrected chi connectivity index (χ4v) is 4.29. The van der Waals surface area contributed by atoms with E-state index in [1.54, 1.807) is 0 Å². The minimum atomic E-state index is 1.17. The maximum absolute atomic E-state index is 2.38. The van der Waals surface area contributed by atoms with Crippen molar-refractivity contribution in [2.24, 2.45) is 7.05 Å². The first-order chi connectivity index (χ1) is 14.6. The molecule has 2 nitrogen and oxygen atoms in total. The lowest BCUT2D eigenvalue weighted by atomic mass is 10.1. The summed E-state index contributed by atoms with van der Waals surface area (Å²) in [5, 5.41) is 0. The van der Waals surface area contributed by atoms with Gasteiger partial charge in [0, 0.05) is 0 Å². The molecule has 0 saturated heterocycles. The number of imidazole rings is 1. The van der Waals surface area contributed by atoms with Crippen LogP contribution in [0, 0.1) is 13.8 Å². The maximum atomic E-state index is 2.38. The second kappa shape index (κ2) is 7.31. The molecule has 0 N–H and O–H groups in total. The van der Waals surface area contributed by atoms with Crippen LogP contribution >= 0.6 is 0 Å². The Kier molecular flexibility index (Phi) is 4.48. The summed E-state index contributed by atoms with van der Waals surface area (Å²) in [4.78, 5) is 0. The first kappa shape index (κ1) is 18.4. The summed E-state index contributed by atoms with van der Waals surface area (Å²) in [6, 6.07) is 34.7. The van der Waals surface area contributed by atoms with Gasteiger partial charge in [0.25, 0.3) is 5.82 Å². The quantitative estimate of drug-likeness (QED) is 0.315. The van der Waals surface area contributed by atoms with Gasteiger partial charge >= 0.3 is 0 Å². The smallest absolute Gasteiger partial charge is 0.225 e. The molecule has 0 amide bonds. The molecule has 30 heavy (non-hydrogen) atoms. The van der Waals surface area contributed by atoms with E-state index in [0.717, 1.165) is 0 Å². The SMILES string of the molecule is Cc1ccc2c(c1)[n+](C)c(-c1ccccc1C)n2-c1ccc(-c2ccccc2)cc1. The van der Waals surface area contributed by atoms with Gasteiger partial charge in [-0.3, -0.25) is 0 Å². The standard InChI is InChI=1S/C28H25N2/c1-20-13-18-26-27(19-20)29(3)28(25-12-8-7-9-21(25)2)30(26)24-16-14-23(15-17-24)22-10-5-4-6-11-22/h4-19H,1-3H3/q+1. The van der Waals surface area contributed by atoms with E-state index in [-0.39, 0.29) is 0 Å². The van der Waals surface area contributed by atoms with Crippen LogP contribution in [-0.2, 0) is 7.05 Å². The molecule has 0 saturated carbocycles. The second-order valence-corrected chi connectivity index (χ2v) is 7.94. The third-order valence-electron chi connectivity index (χ3n) is 5.88. The molecule has 0 aliphatic rings. The van der Waals surface area contributed by atoms with Crippen molar-refractivity contribution in [1.82, 2.24) is 4.57 Å². The molecule has 0 aliphatic carbocycles. The summed E-state index contributed by atoms with van der Waals surface area (Å²) in [6.45, 7) is 4.33. The Labute approximate surface area is 177 Å². The molecule has 0 spiro atoms. The zero-order chi connectivity index (χ0) is 20.7. The van der Waals surface area contributed by atoms with Gasteiger partial charge in [0.2, 0.25) is 0 Å². The Morgan fingerprint density at radius 1 is 0.667 bits per heavy atom. The summed E-state index contributed by atoms with van der Waals surface area (Å²) in [7, 11) is 2.17. The van der Waals surface area contributed by atoms with Gasteiger partial charge in [-0.15, -0.1) is 0 Å². The Hall–Kier alpha value is -3.65. The average Bonchev–Trinajstić information content (AvgIpc) is 3.06. The van der Waals surface area contributed by atoms with E-state index < -0.39 is 0 Å². The normalized spacial score (nSPS) is 11.2. The highest BCUT2D eigenvalue weighted by Crippen LogP contribution is 2.30. The van der Waals surface area contributed by atoms with Crippen molar-refractivity contribution >= 4 is 11.0 Å². The van der Waals surface area contributed by atoms with Crippen LogP contribution in [0.3, 0.4) is 0 Å². The van der Waals surface area contributed by atoms with Crippen molar-refractivity contribution < 1.29 is 4.57 Å². The molecule has 0 bridgehead atoms. The van der Waals surface area contributed by atoms with Crippen molar-refractivity contribution in [1.29, 1.82) is 0 Å². The average molecular weight is 390 g/mol. The number of hydrogen-bond acceptors (Lipinski definition) is 0. The maximum Gasteiger partial charge on any atom is 0.295 e. The van der Waals surface area contributed by atoms with Crippen LogP contribution in [0.2, 0.25) is 0 Å². The van der Waals surface area contributed by atoms with E-state index in [4.69, 9.17) is 0 Å². The van der Waals surface area contributed by atoms with E-state index in [1.807, 2.05) is 0 Å². The van der Waals surface area contributed by atoms with E-state index in [1.165, 1.54) is 50.4 Å². The van der Waals surface area contributed by atoms with Crippen molar-refractivity contribution in [2.45, 2.75) is 13.8 Å². The van der Waals surface area contributed by atoms with Gasteiger partial charge in [-0.1, -0.05) is 66.7 Å². The molecule has 146 valence electrons. The van der Waals surface area contributed by atoms with E-state index >= 15 is 0 Å². The number of benzene rings is 4. The number of aromatic nitrogens is 2. The van der Waals surface area contributed by atoms with Gasteiger partial charge in [0.05, 0.1) is 12.6 Å². The molecule has 1 aromatic heterocycles. The number of fused-ring (bicyclic) bond motifs is 1. The first-order valence-corrected chi connectivity index (χ1v) is 10.4. The van der Waals surface area contributed by atoms with Crippen molar-refractivity contribution in [3.63, 3.8) is 0 Å². The summed E-state index contributed by atoms with van der Waals surface area (Å²) >= 11 is 0. The molecule has 0 aliphatic heterocycles. The van der Waals surface area contributed by atoms with Crippen LogP contribution in [-0.4, -0.2) is 4.57 Å². The van der Waals surface area contributed by atoms with Crippen molar-refractivity contribution in [3.8, 4) is 28.2 Å². The zero-order valence-corrected chi connectivity index (χ0v) is 17.6. The Morgan fingerprint density at radius 2 is 1.33 bits per heavy atom. The van der Waals surface area contributed by atoms with Crippen molar-refractivity contribution in [2.75, 3.05) is 0 Å². The Bertz CT molecular complexity index is 1340. The van der Waals surface area contributed by atoms with Crippen LogP contribution in [0.25, 0.3) is 39.2 Å². The topological polar surface area (TPSA) is 8.81 Å². The van der Waals surface area contributed by atoms with Crippen LogP contribution in [0.5, 0.6) is 0 Å². The molecule has 0 radical (unpaired) electrons. The summed E-state index contributed by atoms with van der Waals surface area (Å²) < 4.78 is 4.70. The molecule has 5 aromatic rings. The number of aryl methyl sites for hydroxylation is 3. The number of rotatable bonds is 3. The Balaban J connectivity index is 1.76. The first-order valence-electron chi connectivity index (χ1n) is 10.4. The molecule has 0 fully saturated rings. The molecular weight excluding hydrogens is 364 g/mol. The van der Waals surface area contributed by atoms with Gasteiger partial charge in [-0.25, -0.2) is 4.57 Å².